The quantitative estimate of drug-likeness (QED) is 0.476. The Hall–Kier alpha value is -2.62. The number of ether oxygens (including phenoxy) is 1. The molecule has 0 aliphatic carbocycles. The lowest BCUT2D eigenvalue weighted by atomic mass is 10.1. The molecule has 0 aliphatic heterocycles. The van der Waals surface area contributed by atoms with Crippen LogP contribution in [0.2, 0.25) is 0 Å². The van der Waals surface area contributed by atoms with E-state index in [1.54, 1.807) is 25.3 Å². The van der Waals surface area contributed by atoms with E-state index in [1.807, 2.05) is 30.3 Å². The van der Waals surface area contributed by atoms with Crippen molar-refractivity contribution in [1.82, 2.24) is 0 Å². The Morgan fingerprint density at radius 1 is 0.966 bits per heavy atom. The van der Waals surface area contributed by atoms with E-state index in [4.69, 9.17) is 27.8 Å². The molecule has 2 aromatic carbocycles. The Kier molecular flexibility index (Phi) is 6.89. The molecular formula is C20H22ClNO7. The molecule has 3 aromatic rings. The molecule has 1 heterocycles. The fourth-order valence-corrected chi connectivity index (χ4v) is 2.58. The summed E-state index contributed by atoms with van der Waals surface area (Å²) in [5, 5.41) is 11.6. The van der Waals surface area contributed by atoms with Gasteiger partial charge in [0.25, 0.3) is 0 Å². The van der Waals surface area contributed by atoms with Gasteiger partial charge in [0, 0.05) is 5.56 Å². The van der Waals surface area contributed by atoms with Gasteiger partial charge < -0.3 is 14.3 Å². The van der Waals surface area contributed by atoms with E-state index in [2.05, 4.69) is 25.8 Å². The molecule has 0 radical (unpaired) electrons. The molecule has 0 saturated heterocycles. The van der Waals surface area contributed by atoms with Gasteiger partial charge in [-0.25, -0.2) is 23.6 Å². The van der Waals surface area contributed by atoms with Crippen LogP contribution in [-0.2, 0) is 0 Å². The summed E-state index contributed by atoms with van der Waals surface area (Å²) >= 11 is 0. The molecule has 29 heavy (non-hydrogen) atoms. The van der Waals surface area contributed by atoms with Gasteiger partial charge in [-0.1, -0.05) is 0 Å². The van der Waals surface area contributed by atoms with E-state index < -0.39 is 10.2 Å². The number of halogens is 1. The van der Waals surface area contributed by atoms with Gasteiger partial charge in [-0.2, -0.15) is 0 Å². The summed E-state index contributed by atoms with van der Waals surface area (Å²) < 4.78 is 45.2. The topological polar surface area (TPSA) is 149 Å². The zero-order valence-electron chi connectivity index (χ0n) is 16.4. The third kappa shape index (κ3) is 7.37. The molecule has 8 nitrogen and oxygen atoms in total. The van der Waals surface area contributed by atoms with Crippen LogP contribution in [0.3, 0.4) is 0 Å². The van der Waals surface area contributed by atoms with Crippen LogP contribution in [0.4, 0.5) is 0 Å². The van der Waals surface area contributed by atoms with Crippen LogP contribution in [0, 0.1) is 10.2 Å². The molecule has 0 spiro atoms. The fraction of sp³-hybridized carbons (Fsp3) is 0.250. The number of fused-ring (bicyclic) bond motifs is 1. The highest BCUT2D eigenvalue weighted by molar-refractivity contribution is 5.79. The minimum absolute atomic E-state index is 0.114. The molecule has 0 atom stereocenters. The van der Waals surface area contributed by atoms with Crippen molar-refractivity contribution in [3.8, 4) is 22.8 Å². The number of phenolic OH excluding ortho intramolecular Hbond substituents is 1. The zero-order valence-corrected chi connectivity index (χ0v) is 17.1. The lowest BCUT2D eigenvalue weighted by Gasteiger charge is -2.17. The number of rotatable bonds is 2. The zero-order chi connectivity index (χ0) is 21.8. The molecule has 0 fully saturated rings. The first-order valence-electron chi connectivity index (χ1n) is 8.50. The van der Waals surface area contributed by atoms with E-state index >= 15 is 0 Å². The van der Waals surface area contributed by atoms with Crippen LogP contribution in [0.15, 0.2) is 52.9 Å². The summed E-state index contributed by atoms with van der Waals surface area (Å²) in [6.07, 6.45) is 0. The molecule has 156 valence electrons. The van der Waals surface area contributed by atoms with Crippen molar-refractivity contribution in [3.63, 3.8) is 0 Å². The van der Waals surface area contributed by atoms with Crippen molar-refractivity contribution in [2.24, 2.45) is 0 Å². The minimum Gasteiger partial charge on any atom is -0.508 e. The average molecular weight is 424 g/mol. The molecule has 3 rings (SSSR count). The van der Waals surface area contributed by atoms with Crippen molar-refractivity contribution in [2.75, 3.05) is 7.11 Å². The van der Waals surface area contributed by atoms with Gasteiger partial charge in [-0.05, 0) is 63.2 Å². The third-order valence-electron chi connectivity index (χ3n) is 3.63. The molecular weight excluding hydrogens is 402 g/mol. The van der Waals surface area contributed by atoms with Crippen LogP contribution in [0.25, 0.3) is 22.3 Å². The number of hydrogen-bond donors (Lipinski definition) is 2. The van der Waals surface area contributed by atoms with Crippen molar-refractivity contribution in [3.05, 3.63) is 53.9 Å². The van der Waals surface area contributed by atoms with Crippen LogP contribution in [0.5, 0.6) is 11.5 Å². The number of hydrogen-bond acceptors (Lipinski definition) is 7. The largest absolute Gasteiger partial charge is 0.508 e. The van der Waals surface area contributed by atoms with E-state index in [9.17, 15) is 5.11 Å². The average Bonchev–Trinajstić information content (AvgIpc) is 2.59. The van der Waals surface area contributed by atoms with Gasteiger partial charge in [0.2, 0.25) is 5.36 Å². The maximum Gasteiger partial charge on any atom is 0.213 e. The summed E-state index contributed by atoms with van der Waals surface area (Å²) in [7, 11) is -3.30. The van der Waals surface area contributed by atoms with Crippen LogP contribution in [-0.4, -0.2) is 17.8 Å². The number of nitrogens with one attached hydrogen (secondary N) is 1. The van der Waals surface area contributed by atoms with E-state index in [1.165, 1.54) is 0 Å². The maximum absolute atomic E-state index is 9.81. The van der Waals surface area contributed by atoms with Crippen molar-refractivity contribution in [2.45, 2.75) is 26.3 Å². The minimum atomic E-state index is -4.94. The number of benzene rings is 2. The van der Waals surface area contributed by atoms with Gasteiger partial charge in [-0.3, -0.25) is 0 Å². The Morgan fingerprint density at radius 2 is 1.55 bits per heavy atom. The Bertz CT molecular complexity index is 1030. The lowest BCUT2D eigenvalue weighted by Crippen LogP contribution is -2.87. The van der Waals surface area contributed by atoms with Gasteiger partial charge in [0.1, 0.15) is 22.8 Å². The monoisotopic (exact) mass is 423 g/mol. The van der Waals surface area contributed by atoms with Gasteiger partial charge in [-0.15, -0.1) is 10.2 Å². The highest BCUT2D eigenvalue weighted by Crippen LogP contribution is 2.25. The molecule has 0 amide bonds. The van der Waals surface area contributed by atoms with E-state index in [0.29, 0.717) is 5.58 Å². The highest BCUT2D eigenvalue weighted by Gasteiger charge is 2.16. The molecule has 0 unspecified atom stereocenters. The van der Waals surface area contributed by atoms with Crippen LogP contribution in [0.1, 0.15) is 20.8 Å². The van der Waals surface area contributed by atoms with Crippen LogP contribution >= 0.6 is 0 Å². The van der Waals surface area contributed by atoms with Gasteiger partial charge >= 0.3 is 0 Å². The number of aromatic hydroxyl groups is 1. The summed E-state index contributed by atoms with van der Waals surface area (Å²) in [5.41, 5.74) is 1.56. The smallest absolute Gasteiger partial charge is 0.213 e. The van der Waals surface area contributed by atoms with Crippen LogP contribution < -0.4 is 33.7 Å². The lowest BCUT2D eigenvalue weighted by molar-refractivity contribution is -2.00. The molecule has 0 aliphatic rings. The Labute approximate surface area is 169 Å². The summed E-state index contributed by atoms with van der Waals surface area (Å²) in [6.45, 7) is 6.29. The number of phenols is 1. The first kappa shape index (κ1) is 22.7. The Morgan fingerprint density at radius 3 is 2.07 bits per heavy atom. The summed E-state index contributed by atoms with van der Waals surface area (Å²) in [5.74, 6) is 1.77. The maximum atomic E-state index is 9.81. The van der Waals surface area contributed by atoms with E-state index in [-0.39, 0.29) is 11.3 Å². The summed E-state index contributed by atoms with van der Waals surface area (Å²) in [4.78, 5) is 3.49. The standard InChI is InChI=1S/C20H21NO3.ClHO4/c1-20(2,3)21-17-12-19(13-5-8-15(23-4)9-6-13)24-18-10-7-14(22)11-16(17)18;2-1(3,4)5/h5-12,22H,1-4H3;(H,2,3,4,5). The normalized spacial score (nSPS) is 12.5. The second-order valence-electron chi connectivity index (χ2n) is 7.19. The second kappa shape index (κ2) is 8.81. The third-order valence-corrected chi connectivity index (χ3v) is 3.63. The van der Waals surface area contributed by atoms with Gasteiger partial charge in [0.15, 0.2) is 5.54 Å². The van der Waals surface area contributed by atoms with Gasteiger partial charge in [0.05, 0.1) is 18.6 Å². The molecule has 1 aromatic heterocycles. The van der Waals surface area contributed by atoms with E-state index in [0.717, 1.165) is 27.8 Å². The predicted octanol–water partition coefficient (Wildman–Crippen LogP) is -2.16. The predicted molar refractivity (Wildman–Crippen MR) is 93.7 cm³/mol. The first-order chi connectivity index (χ1) is 13.4. The molecule has 0 saturated carbocycles. The molecule has 2 N–H and O–H groups in total. The highest BCUT2D eigenvalue weighted by atomic mass is 35.7. The molecule has 0 bridgehead atoms. The van der Waals surface area contributed by atoms with Crippen molar-refractivity contribution >= 4 is 11.0 Å². The Balaban J connectivity index is 0.000000537. The second-order valence-corrected chi connectivity index (χ2v) is 7.94. The fourth-order valence-electron chi connectivity index (χ4n) is 2.58. The molecule has 9 heteroatoms. The van der Waals surface area contributed by atoms with Crippen molar-refractivity contribution in [1.29, 1.82) is 0 Å². The van der Waals surface area contributed by atoms with Crippen molar-refractivity contribution < 1.29 is 48.1 Å². The summed E-state index contributed by atoms with van der Waals surface area (Å²) in [6, 6.07) is 14.8. The number of methoxy groups -OCH3 is 1. The first-order valence-corrected chi connectivity index (χ1v) is 9.73. The SMILES string of the molecule is COc1ccc(-c2cc(=[NH+]C(C)(C)C)c3cc(O)ccc3o2)cc1.[O-][Cl+3]([O-])([O-])[O-].